The molecule has 0 saturated carbocycles. The van der Waals surface area contributed by atoms with Gasteiger partial charge in [0.1, 0.15) is 5.70 Å². The summed E-state index contributed by atoms with van der Waals surface area (Å²) in [5.41, 5.74) is 6.27. The van der Waals surface area contributed by atoms with Crippen molar-refractivity contribution in [1.29, 1.82) is 0 Å². The molecular weight excluding hydrogens is 170 g/mol. The molecule has 0 aromatic carbocycles. The Morgan fingerprint density at radius 1 is 0.857 bits per heavy atom. The maximum Gasteiger partial charge on any atom is 0.121 e. The Hall–Kier alpha value is -0.560. The van der Waals surface area contributed by atoms with Crippen LogP contribution in [0.2, 0.25) is 0 Å². The zero-order chi connectivity index (χ0) is 11.3. The standard InChI is InChI=1S/C13H24N/c1-9-10(2)12(14(6,7)8)13(4,5)11(9)3/h1-8H3/q+1. The molecule has 0 atom stereocenters. The average Bonchev–Trinajstić information content (AvgIpc) is 2.10. The second-order valence-electron chi connectivity index (χ2n) is 5.86. The van der Waals surface area contributed by atoms with Crippen molar-refractivity contribution in [2.45, 2.75) is 34.6 Å². The fraction of sp³-hybridized carbons (Fsp3) is 0.692. The Bertz CT molecular complexity index is 322. The van der Waals surface area contributed by atoms with E-state index in [0.717, 1.165) is 4.48 Å². The van der Waals surface area contributed by atoms with E-state index in [1.54, 1.807) is 5.70 Å². The van der Waals surface area contributed by atoms with Gasteiger partial charge in [0, 0.05) is 5.57 Å². The monoisotopic (exact) mass is 194 g/mol. The number of nitrogens with zero attached hydrogens (tertiary/aromatic N) is 1. The van der Waals surface area contributed by atoms with Gasteiger partial charge in [-0.1, -0.05) is 5.57 Å². The molecule has 1 heteroatoms. The summed E-state index contributed by atoms with van der Waals surface area (Å²) in [6.45, 7) is 11.4. The van der Waals surface area contributed by atoms with Crippen LogP contribution in [0.25, 0.3) is 0 Å². The molecule has 0 spiro atoms. The summed E-state index contributed by atoms with van der Waals surface area (Å²) in [5, 5.41) is 0. The molecule has 0 bridgehead atoms. The molecule has 0 amide bonds. The second-order valence-corrected chi connectivity index (χ2v) is 5.86. The summed E-state index contributed by atoms with van der Waals surface area (Å²) < 4.78 is 0.938. The van der Waals surface area contributed by atoms with Crippen LogP contribution in [0.4, 0.5) is 0 Å². The highest BCUT2D eigenvalue weighted by Crippen LogP contribution is 2.48. The van der Waals surface area contributed by atoms with Crippen LogP contribution in [0.15, 0.2) is 22.4 Å². The van der Waals surface area contributed by atoms with E-state index < -0.39 is 0 Å². The molecule has 1 aliphatic rings. The van der Waals surface area contributed by atoms with Gasteiger partial charge in [0.25, 0.3) is 0 Å². The van der Waals surface area contributed by atoms with E-state index in [2.05, 4.69) is 55.8 Å². The summed E-state index contributed by atoms with van der Waals surface area (Å²) in [5.74, 6) is 0. The molecule has 0 aliphatic heterocycles. The molecule has 0 unspecified atom stereocenters. The van der Waals surface area contributed by atoms with Crippen LogP contribution in [0.1, 0.15) is 34.6 Å². The summed E-state index contributed by atoms with van der Waals surface area (Å²) >= 11 is 0. The zero-order valence-electron chi connectivity index (χ0n) is 10.9. The molecule has 0 aromatic heterocycles. The molecule has 0 heterocycles. The van der Waals surface area contributed by atoms with Crippen molar-refractivity contribution in [3.05, 3.63) is 22.4 Å². The average molecular weight is 194 g/mol. The first-order valence-electron chi connectivity index (χ1n) is 5.32. The second kappa shape index (κ2) is 2.96. The van der Waals surface area contributed by atoms with Gasteiger partial charge in [-0.2, -0.15) is 0 Å². The lowest BCUT2D eigenvalue weighted by molar-refractivity contribution is -0.837. The van der Waals surface area contributed by atoms with Crippen molar-refractivity contribution >= 4 is 0 Å². The van der Waals surface area contributed by atoms with Gasteiger partial charge in [0.05, 0.1) is 26.6 Å². The Morgan fingerprint density at radius 3 is 1.43 bits per heavy atom. The van der Waals surface area contributed by atoms with Crippen molar-refractivity contribution in [2.24, 2.45) is 5.41 Å². The van der Waals surface area contributed by atoms with Gasteiger partial charge in [-0.15, -0.1) is 0 Å². The van der Waals surface area contributed by atoms with E-state index >= 15 is 0 Å². The Kier molecular flexibility index (Phi) is 2.44. The van der Waals surface area contributed by atoms with Gasteiger partial charge >= 0.3 is 0 Å². The SMILES string of the molecule is CC1=C(C)C(C)(C)C([N+](C)(C)C)=C1C. The fourth-order valence-electron chi connectivity index (χ4n) is 2.92. The minimum Gasteiger partial charge on any atom is -0.301 e. The fourth-order valence-corrected chi connectivity index (χ4v) is 2.92. The Labute approximate surface area is 88.7 Å². The van der Waals surface area contributed by atoms with E-state index in [-0.39, 0.29) is 5.41 Å². The van der Waals surface area contributed by atoms with E-state index in [1.165, 1.54) is 16.7 Å². The first-order chi connectivity index (χ1) is 6.10. The lowest BCUT2D eigenvalue weighted by atomic mass is 9.83. The molecule has 0 fully saturated rings. The quantitative estimate of drug-likeness (QED) is 0.562. The number of quaternary nitrogens is 1. The lowest BCUT2D eigenvalue weighted by Gasteiger charge is -2.35. The van der Waals surface area contributed by atoms with Crippen molar-refractivity contribution in [3.63, 3.8) is 0 Å². The van der Waals surface area contributed by atoms with Crippen LogP contribution in [0.5, 0.6) is 0 Å². The van der Waals surface area contributed by atoms with Gasteiger partial charge in [-0.05, 0) is 40.2 Å². The highest BCUT2D eigenvalue weighted by Gasteiger charge is 2.42. The third-order valence-electron chi connectivity index (χ3n) is 3.68. The predicted molar refractivity (Wildman–Crippen MR) is 62.9 cm³/mol. The van der Waals surface area contributed by atoms with E-state index in [4.69, 9.17) is 0 Å². The minimum absolute atomic E-state index is 0.229. The summed E-state index contributed by atoms with van der Waals surface area (Å²) in [6.07, 6.45) is 0. The molecule has 80 valence electrons. The third kappa shape index (κ3) is 1.44. The normalized spacial score (nSPS) is 22.3. The van der Waals surface area contributed by atoms with Crippen molar-refractivity contribution in [2.75, 3.05) is 21.1 Å². The summed E-state index contributed by atoms with van der Waals surface area (Å²) in [7, 11) is 6.77. The molecule has 0 radical (unpaired) electrons. The number of allylic oxidation sites excluding steroid dienone is 3. The Balaban J connectivity index is 3.37. The largest absolute Gasteiger partial charge is 0.301 e. The molecular formula is C13H24N+. The minimum atomic E-state index is 0.229. The van der Waals surface area contributed by atoms with Crippen molar-refractivity contribution < 1.29 is 4.48 Å². The van der Waals surface area contributed by atoms with Crippen molar-refractivity contribution in [3.8, 4) is 0 Å². The molecule has 1 nitrogen and oxygen atoms in total. The smallest absolute Gasteiger partial charge is 0.121 e. The zero-order valence-corrected chi connectivity index (χ0v) is 10.9. The predicted octanol–water partition coefficient (Wildman–Crippen LogP) is 3.34. The first kappa shape index (κ1) is 11.5. The van der Waals surface area contributed by atoms with Crippen LogP contribution in [0, 0.1) is 5.41 Å². The van der Waals surface area contributed by atoms with Crippen LogP contribution >= 0.6 is 0 Å². The number of hydrogen-bond acceptors (Lipinski definition) is 0. The maximum atomic E-state index is 2.33. The third-order valence-corrected chi connectivity index (χ3v) is 3.68. The maximum absolute atomic E-state index is 2.33. The topological polar surface area (TPSA) is 0 Å². The molecule has 14 heavy (non-hydrogen) atoms. The van der Waals surface area contributed by atoms with Gasteiger partial charge in [0.15, 0.2) is 0 Å². The van der Waals surface area contributed by atoms with E-state index in [1.807, 2.05) is 0 Å². The Morgan fingerprint density at radius 2 is 1.29 bits per heavy atom. The number of hydrogen-bond donors (Lipinski definition) is 0. The van der Waals surface area contributed by atoms with Gasteiger partial charge in [-0.3, -0.25) is 0 Å². The number of rotatable bonds is 1. The summed E-state index contributed by atoms with van der Waals surface area (Å²) in [4.78, 5) is 0. The van der Waals surface area contributed by atoms with Crippen LogP contribution < -0.4 is 0 Å². The molecule has 0 N–H and O–H groups in total. The molecule has 1 aliphatic carbocycles. The lowest BCUT2D eigenvalue weighted by Crippen LogP contribution is -2.40. The van der Waals surface area contributed by atoms with Crippen molar-refractivity contribution in [1.82, 2.24) is 0 Å². The summed E-state index contributed by atoms with van der Waals surface area (Å²) in [6, 6.07) is 0. The molecule has 0 saturated heterocycles. The van der Waals surface area contributed by atoms with Gasteiger partial charge < -0.3 is 4.48 Å². The van der Waals surface area contributed by atoms with Crippen LogP contribution in [-0.4, -0.2) is 25.6 Å². The molecule has 0 aromatic rings. The van der Waals surface area contributed by atoms with E-state index in [9.17, 15) is 0 Å². The highest BCUT2D eigenvalue weighted by atomic mass is 15.3. The van der Waals surface area contributed by atoms with Crippen LogP contribution in [0.3, 0.4) is 0 Å². The van der Waals surface area contributed by atoms with Crippen LogP contribution in [-0.2, 0) is 0 Å². The van der Waals surface area contributed by atoms with E-state index in [0.29, 0.717) is 0 Å². The first-order valence-corrected chi connectivity index (χ1v) is 5.32. The van der Waals surface area contributed by atoms with Gasteiger partial charge in [0.2, 0.25) is 0 Å². The highest BCUT2D eigenvalue weighted by molar-refractivity contribution is 5.47. The molecule has 1 rings (SSSR count). The van der Waals surface area contributed by atoms with Gasteiger partial charge in [-0.25, -0.2) is 0 Å².